The topological polar surface area (TPSA) is 41.1 Å². The highest BCUT2D eigenvalue weighted by atomic mass is 16.1. The molecule has 1 rings (SSSR count). The smallest absolute Gasteiger partial charge is 0.234 e. The Bertz CT molecular complexity index is 238. The molecule has 3 nitrogen and oxygen atoms in total. The standard InChI is InChI=1S/C11H18N2O/c1-3-7-12-8-10(14)13-9-11(2)5-4-6-11/h1,12H,4-9H2,2H3,(H,13,14). The maximum Gasteiger partial charge on any atom is 0.234 e. The third kappa shape index (κ3) is 3.39. The van der Waals surface area contributed by atoms with E-state index >= 15 is 0 Å². The van der Waals surface area contributed by atoms with Gasteiger partial charge in [-0.1, -0.05) is 19.3 Å². The highest BCUT2D eigenvalue weighted by molar-refractivity contribution is 5.78. The van der Waals surface area contributed by atoms with Crippen molar-refractivity contribution in [3.05, 3.63) is 0 Å². The summed E-state index contributed by atoms with van der Waals surface area (Å²) in [5.41, 5.74) is 0.349. The van der Waals surface area contributed by atoms with Crippen LogP contribution in [0.2, 0.25) is 0 Å². The molecule has 0 unspecified atom stereocenters. The van der Waals surface area contributed by atoms with Gasteiger partial charge < -0.3 is 5.32 Å². The zero-order chi connectivity index (χ0) is 10.4. The van der Waals surface area contributed by atoms with Gasteiger partial charge in [0.05, 0.1) is 13.1 Å². The minimum atomic E-state index is 0.0355. The van der Waals surface area contributed by atoms with Crippen LogP contribution in [0.25, 0.3) is 0 Å². The summed E-state index contributed by atoms with van der Waals surface area (Å²) in [7, 11) is 0. The highest BCUT2D eigenvalue weighted by Crippen LogP contribution is 2.39. The lowest BCUT2D eigenvalue weighted by Gasteiger charge is -2.38. The van der Waals surface area contributed by atoms with Gasteiger partial charge in [-0.25, -0.2) is 0 Å². The second-order valence-electron chi connectivity index (χ2n) is 4.25. The maximum absolute atomic E-state index is 11.3. The second kappa shape index (κ2) is 5.02. The largest absolute Gasteiger partial charge is 0.354 e. The molecule has 0 aromatic heterocycles. The molecular formula is C11H18N2O. The van der Waals surface area contributed by atoms with Crippen LogP contribution >= 0.6 is 0 Å². The van der Waals surface area contributed by atoms with E-state index in [9.17, 15) is 4.79 Å². The number of hydrogen-bond donors (Lipinski definition) is 2. The molecule has 1 amide bonds. The molecule has 0 saturated heterocycles. The van der Waals surface area contributed by atoms with Crippen molar-refractivity contribution in [1.82, 2.24) is 10.6 Å². The molecule has 0 bridgehead atoms. The van der Waals surface area contributed by atoms with Crippen molar-refractivity contribution in [1.29, 1.82) is 0 Å². The third-order valence-electron chi connectivity index (χ3n) is 2.79. The normalized spacial score (nSPS) is 18.0. The first kappa shape index (κ1) is 11.1. The van der Waals surface area contributed by atoms with Gasteiger partial charge in [0.1, 0.15) is 0 Å². The van der Waals surface area contributed by atoms with Gasteiger partial charge in [-0.05, 0) is 18.3 Å². The number of nitrogens with one attached hydrogen (secondary N) is 2. The fraction of sp³-hybridized carbons (Fsp3) is 0.727. The molecule has 1 saturated carbocycles. The molecule has 1 aliphatic rings. The lowest BCUT2D eigenvalue weighted by molar-refractivity contribution is -0.121. The molecule has 0 radical (unpaired) electrons. The monoisotopic (exact) mass is 194 g/mol. The van der Waals surface area contributed by atoms with Crippen LogP contribution in [0.4, 0.5) is 0 Å². The number of terminal acetylenes is 1. The Morgan fingerprint density at radius 3 is 2.79 bits per heavy atom. The van der Waals surface area contributed by atoms with Crippen LogP contribution in [0.3, 0.4) is 0 Å². The fourth-order valence-corrected chi connectivity index (χ4v) is 1.58. The maximum atomic E-state index is 11.3. The lowest BCUT2D eigenvalue weighted by atomic mass is 9.70. The molecule has 78 valence electrons. The first-order valence-electron chi connectivity index (χ1n) is 5.07. The van der Waals surface area contributed by atoms with Gasteiger partial charge in [-0.2, -0.15) is 0 Å². The molecule has 0 aromatic rings. The summed E-state index contributed by atoms with van der Waals surface area (Å²) in [5, 5.41) is 5.77. The van der Waals surface area contributed by atoms with Gasteiger partial charge in [0, 0.05) is 6.54 Å². The molecule has 0 spiro atoms. The van der Waals surface area contributed by atoms with Crippen LogP contribution in [-0.2, 0) is 4.79 Å². The Morgan fingerprint density at radius 2 is 2.29 bits per heavy atom. The van der Waals surface area contributed by atoms with E-state index in [0.717, 1.165) is 6.54 Å². The highest BCUT2D eigenvalue weighted by Gasteiger charge is 2.31. The molecule has 0 aromatic carbocycles. The number of carbonyl (C=O) groups excluding carboxylic acids is 1. The van der Waals surface area contributed by atoms with Crippen LogP contribution in [0.1, 0.15) is 26.2 Å². The van der Waals surface area contributed by atoms with E-state index in [4.69, 9.17) is 6.42 Å². The van der Waals surface area contributed by atoms with E-state index in [2.05, 4.69) is 23.5 Å². The van der Waals surface area contributed by atoms with Crippen LogP contribution in [0.15, 0.2) is 0 Å². The van der Waals surface area contributed by atoms with Gasteiger partial charge in [0.2, 0.25) is 5.91 Å². The predicted octanol–water partition coefficient (Wildman–Crippen LogP) is 0.516. The Balaban J connectivity index is 2.06. The minimum Gasteiger partial charge on any atom is -0.354 e. The Morgan fingerprint density at radius 1 is 1.57 bits per heavy atom. The van der Waals surface area contributed by atoms with E-state index in [1.54, 1.807) is 0 Å². The van der Waals surface area contributed by atoms with Crippen LogP contribution in [0, 0.1) is 17.8 Å². The molecule has 1 aliphatic carbocycles. The van der Waals surface area contributed by atoms with E-state index < -0.39 is 0 Å². The van der Waals surface area contributed by atoms with Gasteiger partial charge in [-0.15, -0.1) is 6.42 Å². The Labute approximate surface area is 85.6 Å². The molecule has 0 aliphatic heterocycles. The van der Waals surface area contributed by atoms with Crippen molar-refractivity contribution in [3.63, 3.8) is 0 Å². The van der Waals surface area contributed by atoms with Crippen molar-refractivity contribution in [3.8, 4) is 12.3 Å². The SMILES string of the molecule is C#CCNCC(=O)NCC1(C)CCC1. The first-order valence-corrected chi connectivity index (χ1v) is 5.07. The summed E-state index contributed by atoms with van der Waals surface area (Å²) in [6.45, 7) is 3.78. The molecule has 3 heteroatoms. The summed E-state index contributed by atoms with van der Waals surface area (Å²) in [6.07, 6.45) is 8.79. The number of carbonyl (C=O) groups is 1. The van der Waals surface area contributed by atoms with Crippen molar-refractivity contribution >= 4 is 5.91 Å². The van der Waals surface area contributed by atoms with E-state index in [1.807, 2.05) is 0 Å². The van der Waals surface area contributed by atoms with Crippen molar-refractivity contribution < 1.29 is 4.79 Å². The van der Waals surface area contributed by atoms with Crippen molar-refractivity contribution in [2.24, 2.45) is 5.41 Å². The summed E-state index contributed by atoms with van der Waals surface area (Å²) in [5.74, 6) is 2.46. The summed E-state index contributed by atoms with van der Waals surface area (Å²) >= 11 is 0. The number of amides is 1. The minimum absolute atomic E-state index is 0.0355. The molecule has 14 heavy (non-hydrogen) atoms. The number of rotatable bonds is 5. The predicted molar refractivity (Wildman–Crippen MR) is 56.7 cm³/mol. The van der Waals surface area contributed by atoms with Gasteiger partial charge in [-0.3, -0.25) is 10.1 Å². The third-order valence-corrected chi connectivity index (χ3v) is 2.79. The second-order valence-corrected chi connectivity index (χ2v) is 4.25. The average Bonchev–Trinajstić information content (AvgIpc) is 2.12. The molecule has 0 atom stereocenters. The summed E-state index contributed by atoms with van der Waals surface area (Å²) < 4.78 is 0. The van der Waals surface area contributed by atoms with Crippen LogP contribution in [0.5, 0.6) is 0 Å². The molecule has 0 heterocycles. The van der Waals surface area contributed by atoms with E-state index in [0.29, 0.717) is 18.5 Å². The van der Waals surface area contributed by atoms with Crippen LogP contribution in [-0.4, -0.2) is 25.5 Å². The van der Waals surface area contributed by atoms with Gasteiger partial charge in [0.15, 0.2) is 0 Å². The number of hydrogen-bond acceptors (Lipinski definition) is 2. The molecule has 2 N–H and O–H groups in total. The fourth-order valence-electron chi connectivity index (χ4n) is 1.58. The van der Waals surface area contributed by atoms with Crippen molar-refractivity contribution in [2.45, 2.75) is 26.2 Å². The Kier molecular flexibility index (Phi) is 3.97. The average molecular weight is 194 g/mol. The molecular weight excluding hydrogens is 176 g/mol. The zero-order valence-electron chi connectivity index (χ0n) is 8.73. The van der Waals surface area contributed by atoms with E-state index in [1.165, 1.54) is 19.3 Å². The van der Waals surface area contributed by atoms with Gasteiger partial charge in [0.25, 0.3) is 0 Å². The van der Waals surface area contributed by atoms with Crippen LogP contribution < -0.4 is 10.6 Å². The van der Waals surface area contributed by atoms with E-state index in [-0.39, 0.29) is 5.91 Å². The first-order chi connectivity index (χ1) is 6.66. The quantitative estimate of drug-likeness (QED) is 0.495. The van der Waals surface area contributed by atoms with Gasteiger partial charge >= 0.3 is 0 Å². The zero-order valence-corrected chi connectivity index (χ0v) is 8.73. The summed E-state index contributed by atoms with van der Waals surface area (Å²) in [4.78, 5) is 11.3. The summed E-state index contributed by atoms with van der Waals surface area (Å²) in [6, 6.07) is 0. The lowest BCUT2D eigenvalue weighted by Crippen LogP contribution is -2.43. The van der Waals surface area contributed by atoms with Crippen molar-refractivity contribution in [2.75, 3.05) is 19.6 Å². The molecule has 1 fully saturated rings. The Hall–Kier alpha value is -1.01.